The summed E-state index contributed by atoms with van der Waals surface area (Å²) in [6, 6.07) is 19.0. The third-order valence-corrected chi connectivity index (χ3v) is 7.09. The van der Waals surface area contributed by atoms with E-state index in [1.807, 2.05) is 24.3 Å². The second-order valence-electron chi connectivity index (χ2n) is 10.2. The highest BCUT2D eigenvalue weighted by atomic mass is 19.4. The monoisotopic (exact) mass is 652 g/mol. The summed E-state index contributed by atoms with van der Waals surface area (Å²) in [6.07, 6.45) is -16.9. The maximum atomic E-state index is 13.1. The molecule has 0 aromatic heterocycles. The van der Waals surface area contributed by atoms with Crippen LogP contribution in [-0.2, 0) is 23.5 Å². The first-order valence-electron chi connectivity index (χ1n) is 13.3. The summed E-state index contributed by atoms with van der Waals surface area (Å²) >= 11 is 0. The summed E-state index contributed by atoms with van der Waals surface area (Å²) in [5.74, 6) is -1.93. The van der Waals surface area contributed by atoms with Gasteiger partial charge in [-0.15, -0.1) is 0 Å². The number of hydrogen-bond donors (Lipinski definition) is 2. The van der Waals surface area contributed by atoms with Crippen LogP contribution in [0, 0.1) is 0 Å². The molecule has 1 heterocycles. The van der Waals surface area contributed by atoms with Crippen LogP contribution in [0.1, 0.15) is 16.7 Å². The molecule has 0 aliphatic carbocycles. The number of piperazine rings is 1. The molecule has 1 saturated heterocycles. The van der Waals surface area contributed by atoms with Gasteiger partial charge in [-0.05, 0) is 34.4 Å². The first-order chi connectivity index (χ1) is 20.8. The second-order valence-corrected chi connectivity index (χ2v) is 10.2. The van der Waals surface area contributed by atoms with Gasteiger partial charge in [0.25, 0.3) is 5.60 Å². The van der Waals surface area contributed by atoms with E-state index in [0.29, 0.717) is 23.3 Å². The van der Waals surface area contributed by atoms with Gasteiger partial charge in [0.05, 0.1) is 7.11 Å². The van der Waals surface area contributed by atoms with Crippen LogP contribution in [0.25, 0.3) is 11.1 Å². The minimum atomic E-state index is -5.91. The predicted octanol–water partition coefficient (Wildman–Crippen LogP) is 6.63. The van der Waals surface area contributed by atoms with Crippen LogP contribution in [0.15, 0.2) is 72.8 Å². The molecule has 0 spiro atoms. The van der Waals surface area contributed by atoms with Crippen LogP contribution < -0.4 is 4.74 Å². The van der Waals surface area contributed by atoms with E-state index in [-0.39, 0.29) is 0 Å². The van der Waals surface area contributed by atoms with Crippen molar-refractivity contribution in [1.29, 1.82) is 0 Å². The lowest BCUT2D eigenvalue weighted by Crippen LogP contribution is -2.53. The Hall–Kier alpha value is -3.82. The Bertz CT molecular complexity index is 1370. The lowest BCUT2D eigenvalue weighted by Gasteiger charge is -2.34. The highest BCUT2D eigenvalue weighted by Gasteiger charge is 2.71. The van der Waals surface area contributed by atoms with E-state index in [4.69, 9.17) is 14.6 Å². The predicted molar refractivity (Wildman–Crippen MR) is 145 cm³/mol. The van der Waals surface area contributed by atoms with Crippen LogP contribution >= 0.6 is 0 Å². The molecule has 0 bridgehead atoms. The van der Waals surface area contributed by atoms with Crippen molar-refractivity contribution in [3.63, 3.8) is 0 Å². The van der Waals surface area contributed by atoms with E-state index < -0.39 is 35.7 Å². The maximum absolute atomic E-state index is 13.1. The molecule has 0 unspecified atom stereocenters. The highest BCUT2D eigenvalue weighted by Crippen LogP contribution is 2.50. The maximum Gasteiger partial charge on any atom is 0.490 e. The first-order valence-corrected chi connectivity index (χ1v) is 13.3. The molecule has 1 aliphatic heterocycles. The molecule has 246 valence electrons. The zero-order valence-corrected chi connectivity index (χ0v) is 23.7. The van der Waals surface area contributed by atoms with Gasteiger partial charge in [0, 0.05) is 44.8 Å². The van der Waals surface area contributed by atoms with Gasteiger partial charge < -0.3 is 14.9 Å². The standard InChI is InChI=1S/C28H28F6N2O2.C2HF3O2/c1-38-25-12-4-21(5-13-25)19-36-16-14-35(15-17-36)18-20-2-6-22(7-3-20)23-8-10-24(11-9-23)26(37,27(29,30)31)28(32,33)34;3-2(4,5)1(6)7/h2-13,37H,14-19H2,1H3;(H,6,7). The normalized spacial score (nSPS) is 15.3. The van der Waals surface area contributed by atoms with Crippen LogP contribution in [0.2, 0.25) is 0 Å². The van der Waals surface area contributed by atoms with Crippen molar-refractivity contribution in [2.75, 3.05) is 33.3 Å². The summed E-state index contributed by atoms with van der Waals surface area (Å²) in [7, 11) is 1.64. The molecule has 0 saturated carbocycles. The fourth-order valence-corrected chi connectivity index (χ4v) is 4.55. The number of carboxylic acid groups (broad SMARTS) is 1. The van der Waals surface area contributed by atoms with Gasteiger partial charge in [0.2, 0.25) is 0 Å². The summed E-state index contributed by atoms with van der Waals surface area (Å²) < 4.78 is 116. The van der Waals surface area contributed by atoms with Gasteiger partial charge in [-0.2, -0.15) is 39.5 Å². The second kappa shape index (κ2) is 14.1. The molecule has 3 aromatic carbocycles. The molecule has 0 atom stereocenters. The summed E-state index contributed by atoms with van der Waals surface area (Å²) in [5, 5.41) is 16.7. The number of aliphatic hydroxyl groups is 1. The Kier molecular flexibility index (Phi) is 11.2. The molecule has 0 amide bonds. The largest absolute Gasteiger partial charge is 0.497 e. The van der Waals surface area contributed by atoms with Crippen molar-refractivity contribution in [1.82, 2.24) is 9.80 Å². The number of benzene rings is 3. The Labute approximate surface area is 252 Å². The number of alkyl halides is 9. The number of hydrogen-bond acceptors (Lipinski definition) is 5. The van der Waals surface area contributed by atoms with Crippen LogP contribution in [0.5, 0.6) is 5.75 Å². The van der Waals surface area contributed by atoms with Crippen molar-refractivity contribution in [3.8, 4) is 16.9 Å². The fourth-order valence-electron chi connectivity index (χ4n) is 4.55. The molecule has 4 rings (SSSR count). The lowest BCUT2D eigenvalue weighted by molar-refractivity contribution is -0.376. The SMILES string of the molecule is COc1ccc(CN2CCN(Cc3ccc(-c4ccc(C(O)(C(F)(F)F)C(F)(F)F)cc4)cc3)CC2)cc1.O=C(O)C(F)(F)F. The minimum absolute atomic E-state index is 0.444. The van der Waals surface area contributed by atoms with Gasteiger partial charge in [-0.3, -0.25) is 9.80 Å². The topological polar surface area (TPSA) is 73.2 Å². The lowest BCUT2D eigenvalue weighted by atomic mass is 9.90. The van der Waals surface area contributed by atoms with Crippen molar-refractivity contribution < 1.29 is 59.3 Å². The van der Waals surface area contributed by atoms with Crippen LogP contribution in [-0.4, -0.2) is 77.8 Å². The zero-order chi connectivity index (χ0) is 33.6. The zero-order valence-electron chi connectivity index (χ0n) is 23.7. The Morgan fingerprint density at radius 1 is 0.667 bits per heavy atom. The molecule has 6 nitrogen and oxygen atoms in total. The number of carbonyl (C=O) groups is 1. The molecular formula is C30H29F9N2O4. The highest BCUT2D eigenvalue weighted by molar-refractivity contribution is 5.73. The van der Waals surface area contributed by atoms with E-state index >= 15 is 0 Å². The molecule has 3 aromatic rings. The molecule has 45 heavy (non-hydrogen) atoms. The number of carboxylic acids is 1. The van der Waals surface area contributed by atoms with E-state index in [2.05, 4.69) is 21.9 Å². The van der Waals surface area contributed by atoms with Crippen molar-refractivity contribution in [2.45, 2.75) is 37.2 Å². The van der Waals surface area contributed by atoms with Gasteiger partial charge in [0.1, 0.15) is 5.75 Å². The molecule has 1 fully saturated rings. The molecule has 15 heteroatoms. The van der Waals surface area contributed by atoms with Gasteiger partial charge in [-0.1, -0.05) is 60.7 Å². The summed E-state index contributed by atoms with van der Waals surface area (Å²) in [5.41, 5.74) is -2.83. The third kappa shape index (κ3) is 9.11. The van der Waals surface area contributed by atoms with E-state index in [1.54, 1.807) is 19.2 Å². The molecular weight excluding hydrogens is 623 g/mol. The van der Waals surface area contributed by atoms with Gasteiger partial charge in [-0.25, -0.2) is 4.79 Å². The van der Waals surface area contributed by atoms with Crippen LogP contribution in [0.3, 0.4) is 0 Å². The van der Waals surface area contributed by atoms with Crippen molar-refractivity contribution in [2.24, 2.45) is 0 Å². The third-order valence-electron chi connectivity index (χ3n) is 7.09. The Balaban J connectivity index is 0.000000707. The summed E-state index contributed by atoms with van der Waals surface area (Å²) in [4.78, 5) is 13.6. The number of aliphatic carboxylic acids is 1. The summed E-state index contributed by atoms with van der Waals surface area (Å²) in [6.45, 7) is 5.27. The average molecular weight is 653 g/mol. The van der Waals surface area contributed by atoms with Gasteiger partial charge in [0.15, 0.2) is 0 Å². The van der Waals surface area contributed by atoms with Gasteiger partial charge >= 0.3 is 24.5 Å². The molecule has 2 N–H and O–H groups in total. The van der Waals surface area contributed by atoms with Crippen molar-refractivity contribution in [3.05, 3.63) is 89.5 Å². The number of halogens is 9. The quantitative estimate of drug-likeness (QED) is 0.280. The minimum Gasteiger partial charge on any atom is -0.497 e. The molecule has 1 aliphatic rings. The number of methoxy groups -OCH3 is 1. The number of rotatable bonds is 7. The van der Waals surface area contributed by atoms with E-state index in [9.17, 15) is 44.6 Å². The van der Waals surface area contributed by atoms with Crippen LogP contribution in [0.4, 0.5) is 39.5 Å². The molecule has 0 radical (unpaired) electrons. The van der Waals surface area contributed by atoms with E-state index in [0.717, 1.165) is 62.7 Å². The first kappa shape index (κ1) is 35.7. The van der Waals surface area contributed by atoms with E-state index in [1.165, 1.54) is 5.56 Å². The number of ether oxygens (including phenoxy) is 1. The Morgan fingerprint density at radius 3 is 1.31 bits per heavy atom. The smallest absolute Gasteiger partial charge is 0.490 e. The average Bonchev–Trinajstić information content (AvgIpc) is 2.97. The van der Waals surface area contributed by atoms with Crippen molar-refractivity contribution >= 4 is 5.97 Å². The number of nitrogens with zero attached hydrogens (tertiary/aromatic N) is 2. The Morgan fingerprint density at radius 2 is 1.00 bits per heavy atom. The fraction of sp³-hybridized carbons (Fsp3) is 0.367.